The second kappa shape index (κ2) is 19.3. The number of aliphatic imine (C=N–C) groups is 1. The molecule has 0 radical (unpaired) electrons. The number of nitrogens with zero attached hydrogens (tertiary/aromatic N) is 2. The molecule has 0 bridgehead atoms. The summed E-state index contributed by atoms with van der Waals surface area (Å²) in [5.74, 6) is -5.65. The van der Waals surface area contributed by atoms with Crippen LogP contribution in [0.25, 0.3) is 0 Å². The Morgan fingerprint density at radius 3 is 2.14 bits per heavy atom. The molecular weight excluding hydrogens is 578 g/mol. The Morgan fingerprint density at radius 2 is 1.57 bits per heavy atom. The largest absolute Gasteiger partial charge is 0.481 e. The normalized spacial score (nSPS) is 17.2. The Bertz CT molecular complexity index is 1030. The topological polar surface area (TPSA) is 299 Å². The third-order valence-corrected chi connectivity index (χ3v) is 7.04. The average molecular weight is 628 g/mol. The Morgan fingerprint density at radius 1 is 0.909 bits per heavy atom. The van der Waals surface area contributed by atoms with Crippen LogP contribution in [0.1, 0.15) is 71.6 Å². The number of guanidine groups is 1. The van der Waals surface area contributed by atoms with Crippen LogP contribution < -0.4 is 38.9 Å². The fraction of sp³-hybridized carbons (Fsp3) is 0.741. The second-order valence-corrected chi connectivity index (χ2v) is 11.3. The molecule has 13 N–H and O–H groups in total. The highest BCUT2D eigenvalue weighted by Crippen LogP contribution is 2.20. The lowest BCUT2D eigenvalue weighted by atomic mass is 10.0. The van der Waals surface area contributed by atoms with Gasteiger partial charge in [0, 0.05) is 13.1 Å². The molecular formula is C27H49N9O8. The number of nitrogens with two attached hydrogens (primary N) is 4. The predicted octanol–water partition coefficient (Wildman–Crippen LogP) is -2.45. The first-order valence-corrected chi connectivity index (χ1v) is 14.8. The number of rotatable bonds is 20. The molecule has 0 aromatic rings. The van der Waals surface area contributed by atoms with Crippen molar-refractivity contribution in [2.75, 3.05) is 19.6 Å². The first kappa shape index (κ1) is 38.0. The van der Waals surface area contributed by atoms with Crippen molar-refractivity contribution < 1.29 is 39.0 Å². The highest BCUT2D eigenvalue weighted by atomic mass is 16.4. The molecule has 1 rings (SSSR count). The predicted molar refractivity (Wildman–Crippen MR) is 161 cm³/mol. The SMILES string of the molecule is CC(C)CC(NC(=O)C(CCCN=C(N)N)NC(=O)C1CCCN1C(=O)C(CC(=O)O)NC(=O)C(N)CCCCN)C(=O)O. The van der Waals surface area contributed by atoms with Gasteiger partial charge in [-0.15, -0.1) is 0 Å². The van der Waals surface area contributed by atoms with Gasteiger partial charge in [-0.1, -0.05) is 20.3 Å². The van der Waals surface area contributed by atoms with E-state index in [0.717, 1.165) is 0 Å². The molecule has 4 amide bonds. The molecule has 1 fully saturated rings. The minimum Gasteiger partial charge on any atom is -0.481 e. The first-order valence-electron chi connectivity index (χ1n) is 14.8. The molecule has 5 atom stereocenters. The Balaban J connectivity index is 3.10. The van der Waals surface area contributed by atoms with Crippen molar-refractivity contribution in [3.8, 4) is 0 Å². The molecule has 1 heterocycles. The second-order valence-electron chi connectivity index (χ2n) is 11.3. The van der Waals surface area contributed by atoms with Gasteiger partial charge in [0.25, 0.3) is 0 Å². The molecule has 1 aliphatic heterocycles. The van der Waals surface area contributed by atoms with Gasteiger partial charge in [0.1, 0.15) is 24.2 Å². The maximum atomic E-state index is 13.5. The van der Waals surface area contributed by atoms with E-state index in [4.69, 9.17) is 22.9 Å². The lowest BCUT2D eigenvalue weighted by Gasteiger charge is -2.30. The number of unbranched alkanes of at least 4 members (excludes halogenated alkanes) is 1. The number of nitrogens with one attached hydrogen (secondary N) is 3. The third-order valence-electron chi connectivity index (χ3n) is 7.04. The summed E-state index contributed by atoms with van der Waals surface area (Å²) in [6.45, 7) is 4.29. The fourth-order valence-electron chi connectivity index (χ4n) is 4.80. The zero-order chi connectivity index (χ0) is 33.4. The fourth-order valence-corrected chi connectivity index (χ4v) is 4.80. The number of likely N-dealkylation sites (tertiary alicyclic amines) is 1. The molecule has 0 aromatic carbocycles. The van der Waals surface area contributed by atoms with Gasteiger partial charge >= 0.3 is 11.9 Å². The van der Waals surface area contributed by atoms with E-state index in [-0.39, 0.29) is 57.1 Å². The molecule has 0 aliphatic carbocycles. The molecule has 17 heteroatoms. The van der Waals surface area contributed by atoms with Crippen LogP contribution in [0, 0.1) is 5.92 Å². The van der Waals surface area contributed by atoms with E-state index in [0.29, 0.717) is 25.8 Å². The lowest BCUT2D eigenvalue weighted by Crippen LogP contribution is -2.58. The summed E-state index contributed by atoms with van der Waals surface area (Å²) in [5.41, 5.74) is 22.1. The number of carbonyl (C=O) groups excluding carboxylic acids is 4. The van der Waals surface area contributed by atoms with Gasteiger partial charge in [0.15, 0.2) is 5.96 Å². The number of carbonyl (C=O) groups is 6. The van der Waals surface area contributed by atoms with Gasteiger partial charge in [-0.25, -0.2) is 4.79 Å². The van der Waals surface area contributed by atoms with E-state index >= 15 is 0 Å². The molecule has 0 aromatic heterocycles. The van der Waals surface area contributed by atoms with Crippen molar-refractivity contribution in [2.24, 2.45) is 33.8 Å². The highest BCUT2D eigenvalue weighted by Gasteiger charge is 2.40. The smallest absolute Gasteiger partial charge is 0.326 e. The zero-order valence-corrected chi connectivity index (χ0v) is 25.5. The van der Waals surface area contributed by atoms with Gasteiger partial charge in [-0.05, 0) is 57.4 Å². The van der Waals surface area contributed by atoms with Crippen LogP contribution in [0.3, 0.4) is 0 Å². The van der Waals surface area contributed by atoms with Crippen LogP contribution >= 0.6 is 0 Å². The molecule has 0 saturated carbocycles. The lowest BCUT2D eigenvalue weighted by molar-refractivity contribution is -0.146. The molecule has 0 spiro atoms. The number of carboxylic acids is 2. The Kier molecular flexibility index (Phi) is 16.7. The molecule has 44 heavy (non-hydrogen) atoms. The van der Waals surface area contributed by atoms with Gasteiger partial charge < -0.3 is 54.0 Å². The Labute approximate surface area is 256 Å². The van der Waals surface area contributed by atoms with E-state index in [1.807, 2.05) is 0 Å². The summed E-state index contributed by atoms with van der Waals surface area (Å²) >= 11 is 0. The van der Waals surface area contributed by atoms with Crippen molar-refractivity contribution in [2.45, 2.75) is 102 Å². The van der Waals surface area contributed by atoms with E-state index in [2.05, 4.69) is 20.9 Å². The highest BCUT2D eigenvalue weighted by molar-refractivity contribution is 5.97. The maximum Gasteiger partial charge on any atom is 0.326 e. The molecule has 1 aliphatic rings. The van der Waals surface area contributed by atoms with Crippen molar-refractivity contribution in [3.63, 3.8) is 0 Å². The number of hydrogen-bond donors (Lipinski definition) is 9. The van der Waals surface area contributed by atoms with Gasteiger partial charge in [0.05, 0.1) is 12.5 Å². The summed E-state index contributed by atoms with van der Waals surface area (Å²) < 4.78 is 0. The zero-order valence-electron chi connectivity index (χ0n) is 25.5. The molecule has 250 valence electrons. The Hall–Kier alpha value is -3.99. The average Bonchev–Trinajstić information content (AvgIpc) is 3.43. The van der Waals surface area contributed by atoms with E-state index in [9.17, 15) is 39.0 Å². The summed E-state index contributed by atoms with van der Waals surface area (Å²) in [7, 11) is 0. The van der Waals surface area contributed by atoms with Crippen molar-refractivity contribution in [1.82, 2.24) is 20.9 Å². The van der Waals surface area contributed by atoms with Crippen molar-refractivity contribution in [1.29, 1.82) is 0 Å². The van der Waals surface area contributed by atoms with Crippen LogP contribution in [0.5, 0.6) is 0 Å². The maximum absolute atomic E-state index is 13.5. The van der Waals surface area contributed by atoms with Gasteiger partial charge in [0.2, 0.25) is 23.6 Å². The molecule has 17 nitrogen and oxygen atoms in total. The van der Waals surface area contributed by atoms with Gasteiger partial charge in [-0.3, -0.25) is 29.0 Å². The van der Waals surface area contributed by atoms with Crippen molar-refractivity contribution in [3.05, 3.63) is 0 Å². The monoisotopic (exact) mass is 627 g/mol. The molecule has 5 unspecified atom stereocenters. The van der Waals surface area contributed by atoms with Crippen LogP contribution in [0.4, 0.5) is 0 Å². The summed E-state index contributed by atoms with van der Waals surface area (Å²) in [4.78, 5) is 81.0. The van der Waals surface area contributed by atoms with Crippen LogP contribution in [-0.4, -0.2) is 106 Å². The third kappa shape index (κ3) is 13.5. The van der Waals surface area contributed by atoms with E-state index in [1.165, 1.54) is 4.90 Å². The minimum absolute atomic E-state index is 0.0379. The number of hydrogen-bond acceptors (Lipinski definition) is 9. The van der Waals surface area contributed by atoms with Crippen LogP contribution in [-0.2, 0) is 28.8 Å². The summed E-state index contributed by atoms with van der Waals surface area (Å²) in [6.07, 6.45) is 1.89. The number of carboxylic acid groups (broad SMARTS) is 2. The van der Waals surface area contributed by atoms with E-state index in [1.54, 1.807) is 13.8 Å². The molecule has 1 saturated heterocycles. The first-order chi connectivity index (χ1) is 20.7. The van der Waals surface area contributed by atoms with Crippen LogP contribution in [0.15, 0.2) is 4.99 Å². The number of aliphatic carboxylic acids is 2. The van der Waals surface area contributed by atoms with E-state index < -0.39 is 72.2 Å². The number of amides is 4. The minimum atomic E-state index is -1.47. The summed E-state index contributed by atoms with van der Waals surface area (Å²) in [6, 6.07) is -5.88. The van der Waals surface area contributed by atoms with Gasteiger partial charge in [-0.2, -0.15) is 0 Å². The quantitative estimate of drug-likeness (QED) is 0.0386. The summed E-state index contributed by atoms with van der Waals surface area (Å²) in [5, 5.41) is 26.5. The van der Waals surface area contributed by atoms with Crippen LogP contribution in [0.2, 0.25) is 0 Å². The van der Waals surface area contributed by atoms with Crippen molar-refractivity contribution >= 4 is 41.5 Å². The standard InChI is InChI=1S/C27H49N9O8/c1-15(2)13-19(26(43)44)35-23(40)17(8-5-11-32-27(30)31)33-24(41)20-9-6-12-36(20)25(42)18(14-21(37)38)34-22(39)16(29)7-3-4-10-28/h15-20H,3-14,28-29H2,1-2H3,(H,33,41)(H,34,39)(H,35,40)(H,37,38)(H,43,44)(H4,30,31,32).